The molecule has 2 aliphatic rings. The quantitative estimate of drug-likeness (QED) is 0.802. The van der Waals surface area contributed by atoms with Gasteiger partial charge in [-0.3, -0.25) is 9.63 Å². The van der Waals surface area contributed by atoms with E-state index in [1.807, 2.05) is 16.0 Å². The summed E-state index contributed by atoms with van der Waals surface area (Å²) >= 11 is 0. The van der Waals surface area contributed by atoms with Crippen LogP contribution in [0.25, 0.3) is 0 Å². The van der Waals surface area contributed by atoms with Gasteiger partial charge in [-0.1, -0.05) is 12.1 Å². The number of hydroxylamine groups is 2. The molecule has 2 fully saturated rings. The Bertz CT molecular complexity index is 546. The number of carbonyl (C=O) groups excluding carboxylic acids is 1. The van der Waals surface area contributed by atoms with E-state index in [1.54, 1.807) is 12.1 Å². The van der Waals surface area contributed by atoms with Crippen molar-refractivity contribution in [2.24, 2.45) is 5.92 Å². The summed E-state index contributed by atoms with van der Waals surface area (Å²) in [6.45, 7) is 4.12. The molecule has 1 aromatic carbocycles. The van der Waals surface area contributed by atoms with Crippen LogP contribution in [0.1, 0.15) is 37.7 Å². The summed E-state index contributed by atoms with van der Waals surface area (Å²) in [5.41, 5.74) is 1.05. The van der Waals surface area contributed by atoms with Crippen molar-refractivity contribution in [3.8, 4) is 0 Å². The number of likely N-dealkylation sites (tertiary alicyclic amines) is 1. The summed E-state index contributed by atoms with van der Waals surface area (Å²) in [5, 5.41) is 1.91. The highest BCUT2D eigenvalue weighted by Gasteiger charge is 2.24. The monoisotopic (exact) mass is 334 g/mol. The molecule has 24 heavy (non-hydrogen) atoms. The Balaban J connectivity index is 1.42. The van der Waals surface area contributed by atoms with Crippen molar-refractivity contribution in [3.05, 3.63) is 35.6 Å². The van der Waals surface area contributed by atoms with E-state index in [2.05, 4.69) is 0 Å². The minimum atomic E-state index is -0.169. The Labute approximate surface area is 143 Å². The van der Waals surface area contributed by atoms with Crippen LogP contribution in [0.3, 0.4) is 0 Å². The van der Waals surface area contributed by atoms with Crippen LogP contribution < -0.4 is 0 Å². The van der Waals surface area contributed by atoms with Gasteiger partial charge in [0.2, 0.25) is 5.91 Å². The predicted octanol–water partition coefficient (Wildman–Crippen LogP) is 3.02. The van der Waals surface area contributed by atoms with E-state index in [-0.39, 0.29) is 11.7 Å². The third kappa shape index (κ3) is 5.02. The lowest BCUT2D eigenvalue weighted by atomic mass is 9.91. The van der Waals surface area contributed by atoms with Crippen molar-refractivity contribution >= 4 is 5.91 Å². The van der Waals surface area contributed by atoms with E-state index in [0.29, 0.717) is 18.9 Å². The summed E-state index contributed by atoms with van der Waals surface area (Å²) < 4.78 is 13.2. The number of hydrogen-bond donors (Lipinski definition) is 0. The summed E-state index contributed by atoms with van der Waals surface area (Å²) in [5.74, 6) is 0.590. The second-order valence-electron chi connectivity index (χ2n) is 6.88. The predicted molar refractivity (Wildman–Crippen MR) is 90.8 cm³/mol. The standard InChI is InChI=1S/C19H27FN2O2/c20-18-6-1-4-16(14-18)7-8-17-5-2-10-21(15-17)19(23)9-12-22-11-3-13-24-22/h1,4,6,14,17H,2-3,5,7-13,15H2/t17-/m1/s1. The molecule has 0 bridgehead atoms. The number of aryl methyl sites for hydroxylation is 1. The van der Waals surface area contributed by atoms with Crippen molar-refractivity contribution in [3.63, 3.8) is 0 Å². The fraction of sp³-hybridized carbons (Fsp3) is 0.632. The van der Waals surface area contributed by atoms with Crippen LogP contribution in [0.15, 0.2) is 24.3 Å². The maximum absolute atomic E-state index is 13.2. The fourth-order valence-electron chi connectivity index (χ4n) is 3.64. The molecule has 2 heterocycles. The molecule has 0 radical (unpaired) electrons. The van der Waals surface area contributed by atoms with Crippen LogP contribution in [0.2, 0.25) is 0 Å². The van der Waals surface area contributed by atoms with Gasteiger partial charge in [0, 0.05) is 32.6 Å². The highest BCUT2D eigenvalue weighted by atomic mass is 19.1. The fourth-order valence-corrected chi connectivity index (χ4v) is 3.64. The lowest BCUT2D eigenvalue weighted by molar-refractivity contribution is -0.140. The van der Waals surface area contributed by atoms with E-state index >= 15 is 0 Å². The molecule has 0 aliphatic carbocycles. The number of amides is 1. The summed E-state index contributed by atoms with van der Waals surface area (Å²) in [6.07, 6.45) is 5.72. The molecule has 2 aliphatic heterocycles. The molecule has 5 heteroatoms. The summed E-state index contributed by atoms with van der Waals surface area (Å²) in [6, 6.07) is 6.84. The molecule has 1 amide bonds. The third-order valence-electron chi connectivity index (χ3n) is 5.00. The maximum atomic E-state index is 13.2. The van der Waals surface area contributed by atoms with Gasteiger partial charge in [0.15, 0.2) is 0 Å². The molecule has 0 spiro atoms. The topological polar surface area (TPSA) is 32.8 Å². The Morgan fingerprint density at radius 1 is 1.29 bits per heavy atom. The average Bonchev–Trinajstić information content (AvgIpc) is 3.12. The van der Waals surface area contributed by atoms with E-state index in [4.69, 9.17) is 4.84 Å². The largest absolute Gasteiger partial charge is 0.342 e. The summed E-state index contributed by atoms with van der Waals surface area (Å²) in [7, 11) is 0. The smallest absolute Gasteiger partial charge is 0.223 e. The Kier molecular flexibility index (Phi) is 6.21. The molecule has 0 aromatic heterocycles. The minimum Gasteiger partial charge on any atom is -0.342 e. The van der Waals surface area contributed by atoms with Crippen molar-refractivity contribution < 1.29 is 14.0 Å². The third-order valence-corrected chi connectivity index (χ3v) is 5.00. The Hall–Kier alpha value is -1.46. The van der Waals surface area contributed by atoms with Crippen LogP contribution in [-0.2, 0) is 16.1 Å². The average molecular weight is 334 g/mol. The zero-order chi connectivity index (χ0) is 16.8. The second-order valence-corrected chi connectivity index (χ2v) is 6.88. The van der Waals surface area contributed by atoms with Crippen LogP contribution >= 0.6 is 0 Å². The van der Waals surface area contributed by atoms with Crippen LogP contribution in [0.5, 0.6) is 0 Å². The van der Waals surface area contributed by atoms with Crippen molar-refractivity contribution in [1.82, 2.24) is 9.96 Å². The zero-order valence-corrected chi connectivity index (χ0v) is 14.3. The maximum Gasteiger partial charge on any atom is 0.223 e. The first-order chi connectivity index (χ1) is 11.7. The number of carbonyl (C=O) groups is 1. The van der Waals surface area contributed by atoms with E-state index in [9.17, 15) is 9.18 Å². The van der Waals surface area contributed by atoms with E-state index in [0.717, 1.165) is 63.9 Å². The first-order valence-corrected chi connectivity index (χ1v) is 9.11. The minimum absolute atomic E-state index is 0.169. The van der Waals surface area contributed by atoms with Gasteiger partial charge >= 0.3 is 0 Å². The molecule has 4 nitrogen and oxygen atoms in total. The molecule has 132 valence electrons. The van der Waals surface area contributed by atoms with E-state index in [1.165, 1.54) is 6.07 Å². The molecular weight excluding hydrogens is 307 g/mol. The Morgan fingerprint density at radius 2 is 2.21 bits per heavy atom. The van der Waals surface area contributed by atoms with Gasteiger partial charge in [0.05, 0.1) is 6.61 Å². The zero-order valence-electron chi connectivity index (χ0n) is 14.3. The van der Waals surface area contributed by atoms with E-state index < -0.39 is 0 Å². The van der Waals surface area contributed by atoms with Gasteiger partial charge in [0.25, 0.3) is 0 Å². The lowest BCUT2D eigenvalue weighted by Crippen LogP contribution is -2.41. The molecule has 2 saturated heterocycles. The molecule has 1 aromatic rings. The molecule has 0 unspecified atom stereocenters. The van der Waals surface area contributed by atoms with Gasteiger partial charge in [-0.15, -0.1) is 0 Å². The van der Waals surface area contributed by atoms with Crippen molar-refractivity contribution in [1.29, 1.82) is 0 Å². The van der Waals surface area contributed by atoms with Crippen molar-refractivity contribution in [2.45, 2.75) is 38.5 Å². The van der Waals surface area contributed by atoms with Crippen LogP contribution in [-0.4, -0.2) is 48.7 Å². The van der Waals surface area contributed by atoms with Gasteiger partial charge in [-0.2, -0.15) is 5.06 Å². The number of piperidine rings is 1. The highest BCUT2D eigenvalue weighted by molar-refractivity contribution is 5.76. The first-order valence-electron chi connectivity index (χ1n) is 9.11. The molecule has 0 N–H and O–H groups in total. The second kappa shape index (κ2) is 8.58. The number of benzene rings is 1. The molecule has 0 saturated carbocycles. The first kappa shape index (κ1) is 17.4. The Morgan fingerprint density at radius 3 is 3.00 bits per heavy atom. The molecular formula is C19H27FN2O2. The van der Waals surface area contributed by atoms with Crippen LogP contribution in [0.4, 0.5) is 4.39 Å². The van der Waals surface area contributed by atoms with Crippen molar-refractivity contribution in [2.75, 3.05) is 32.8 Å². The highest BCUT2D eigenvalue weighted by Crippen LogP contribution is 2.22. The SMILES string of the molecule is O=C(CCN1CCCO1)N1CCC[C@H](CCc2cccc(F)c2)C1. The lowest BCUT2D eigenvalue weighted by Gasteiger charge is -2.33. The normalized spacial score (nSPS) is 22.0. The summed E-state index contributed by atoms with van der Waals surface area (Å²) in [4.78, 5) is 19.9. The number of rotatable bonds is 6. The molecule has 1 atom stereocenters. The van der Waals surface area contributed by atoms with Crippen LogP contribution in [0, 0.1) is 11.7 Å². The molecule has 3 rings (SSSR count). The number of halogens is 1. The van der Waals surface area contributed by atoms with Gasteiger partial charge < -0.3 is 4.90 Å². The number of hydrogen-bond acceptors (Lipinski definition) is 3. The van der Waals surface area contributed by atoms with Gasteiger partial charge in [-0.05, 0) is 55.7 Å². The number of nitrogens with zero attached hydrogens (tertiary/aromatic N) is 2. The van der Waals surface area contributed by atoms with Gasteiger partial charge in [-0.25, -0.2) is 4.39 Å². The van der Waals surface area contributed by atoms with Gasteiger partial charge in [0.1, 0.15) is 5.82 Å².